The van der Waals surface area contributed by atoms with Crippen molar-refractivity contribution in [3.05, 3.63) is 28.8 Å². The predicted octanol–water partition coefficient (Wildman–Crippen LogP) is 3.58. The van der Waals surface area contributed by atoms with E-state index in [4.69, 9.17) is 11.6 Å². The smallest absolute Gasteiger partial charge is 0.387 e. The van der Waals surface area contributed by atoms with E-state index in [0.29, 0.717) is 23.0 Å². The zero-order valence-corrected chi connectivity index (χ0v) is 12.5. The molecule has 1 fully saturated rings. The van der Waals surface area contributed by atoms with Crippen LogP contribution >= 0.6 is 11.6 Å². The summed E-state index contributed by atoms with van der Waals surface area (Å²) in [6, 6.07) is 4.63. The number of rotatable bonds is 6. The lowest BCUT2D eigenvalue weighted by molar-refractivity contribution is -0.0505. The number of aliphatic hydroxyl groups is 1. The topological polar surface area (TPSA) is 41.5 Å². The molecule has 118 valence electrons. The van der Waals surface area contributed by atoms with Crippen molar-refractivity contribution in [2.24, 2.45) is 5.92 Å². The standard InChI is InChI=1S/C15H20ClF2NO2/c16-12-3-6-14(21-15(17)18)11(7-12)9-19-8-10-1-4-13(20)5-2-10/h3,6-7,10,13,15,19-20H,1-2,4-5,8-9H2. The summed E-state index contributed by atoms with van der Waals surface area (Å²) in [6.45, 7) is -1.61. The van der Waals surface area contributed by atoms with E-state index < -0.39 is 6.61 Å². The number of halogens is 3. The summed E-state index contributed by atoms with van der Waals surface area (Å²) >= 11 is 5.90. The van der Waals surface area contributed by atoms with Gasteiger partial charge in [-0.25, -0.2) is 0 Å². The minimum Gasteiger partial charge on any atom is -0.434 e. The predicted molar refractivity (Wildman–Crippen MR) is 77.8 cm³/mol. The molecule has 0 heterocycles. The molecule has 0 amide bonds. The van der Waals surface area contributed by atoms with Crippen LogP contribution in [0.15, 0.2) is 18.2 Å². The van der Waals surface area contributed by atoms with Crippen LogP contribution in [0.4, 0.5) is 8.78 Å². The molecule has 0 atom stereocenters. The lowest BCUT2D eigenvalue weighted by Crippen LogP contribution is -2.27. The first kappa shape index (κ1) is 16.5. The highest BCUT2D eigenvalue weighted by Crippen LogP contribution is 2.26. The number of ether oxygens (including phenoxy) is 1. The Morgan fingerprint density at radius 1 is 1.29 bits per heavy atom. The summed E-state index contributed by atoms with van der Waals surface area (Å²) in [4.78, 5) is 0. The Morgan fingerprint density at radius 2 is 2.00 bits per heavy atom. The van der Waals surface area contributed by atoms with Crippen LogP contribution in [-0.2, 0) is 6.54 Å². The molecule has 2 rings (SSSR count). The van der Waals surface area contributed by atoms with Gasteiger partial charge in [-0.15, -0.1) is 0 Å². The van der Waals surface area contributed by atoms with Crippen molar-refractivity contribution in [2.45, 2.75) is 44.9 Å². The first-order valence-electron chi connectivity index (χ1n) is 7.16. The number of hydrogen-bond donors (Lipinski definition) is 2. The third-order valence-corrected chi connectivity index (χ3v) is 4.04. The Bertz CT molecular complexity index is 451. The zero-order valence-electron chi connectivity index (χ0n) is 11.7. The van der Waals surface area contributed by atoms with E-state index in [1.54, 1.807) is 6.07 Å². The molecule has 0 spiro atoms. The fourth-order valence-electron chi connectivity index (χ4n) is 2.66. The van der Waals surface area contributed by atoms with Gasteiger partial charge in [-0.3, -0.25) is 0 Å². The van der Waals surface area contributed by atoms with Gasteiger partial charge in [-0.2, -0.15) is 8.78 Å². The van der Waals surface area contributed by atoms with Gasteiger partial charge >= 0.3 is 6.61 Å². The normalized spacial score (nSPS) is 22.5. The van der Waals surface area contributed by atoms with Gasteiger partial charge in [0.25, 0.3) is 0 Å². The van der Waals surface area contributed by atoms with E-state index in [0.717, 1.165) is 32.2 Å². The van der Waals surface area contributed by atoms with Crippen LogP contribution in [0.1, 0.15) is 31.2 Å². The molecule has 0 unspecified atom stereocenters. The first-order valence-corrected chi connectivity index (χ1v) is 7.54. The fraction of sp³-hybridized carbons (Fsp3) is 0.600. The van der Waals surface area contributed by atoms with Crippen LogP contribution in [0, 0.1) is 5.92 Å². The summed E-state index contributed by atoms with van der Waals surface area (Å²) in [7, 11) is 0. The molecule has 3 nitrogen and oxygen atoms in total. The molecule has 1 aromatic rings. The lowest BCUT2D eigenvalue weighted by atomic mass is 9.87. The second-order valence-corrected chi connectivity index (χ2v) is 5.87. The number of alkyl halides is 2. The van der Waals surface area contributed by atoms with Crippen LogP contribution in [0.2, 0.25) is 5.02 Å². The van der Waals surface area contributed by atoms with Gasteiger partial charge in [0.2, 0.25) is 0 Å². The second-order valence-electron chi connectivity index (χ2n) is 5.44. The Balaban J connectivity index is 1.85. The highest BCUT2D eigenvalue weighted by molar-refractivity contribution is 6.30. The average Bonchev–Trinajstić information content (AvgIpc) is 2.43. The molecule has 21 heavy (non-hydrogen) atoms. The van der Waals surface area contributed by atoms with E-state index in [1.807, 2.05) is 0 Å². The van der Waals surface area contributed by atoms with E-state index in [1.165, 1.54) is 12.1 Å². The molecular formula is C15H20ClF2NO2. The molecular weight excluding hydrogens is 300 g/mol. The molecule has 2 N–H and O–H groups in total. The maximum atomic E-state index is 12.4. The molecule has 0 saturated heterocycles. The van der Waals surface area contributed by atoms with Crippen LogP contribution in [0.5, 0.6) is 5.75 Å². The highest BCUT2D eigenvalue weighted by atomic mass is 35.5. The summed E-state index contributed by atoms with van der Waals surface area (Å²) in [6.07, 6.45) is 3.49. The van der Waals surface area contributed by atoms with E-state index >= 15 is 0 Å². The largest absolute Gasteiger partial charge is 0.434 e. The van der Waals surface area contributed by atoms with Gasteiger partial charge in [-0.1, -0.05) is 11.6 Å². The SMILES string of the molecule is OC1CCC(CNCc2cc(Cl)ccc2OC(F)F)CC1. The summed E-state index contributed by atoms with van der Waals surface area (Å²) in [5.74, 6) is 0.674. The van der Waals surface area contributed by atoms with Crippen molar-refractivity contribution in [1.82, 2.24) is 5.32 Å². The van der Waals surface area contributed by atoms with E-state index in [2.05, 4.69) is 10.1 Å². The van der Waals surface area contributed by atoms with Crippen molar-refractivity contribution < 1.29 is 18.6 Å². The monoisotopic (exact) mass is 319 g/mol. The molecule has 0 aliphatic heterocycles. The number of benzene rings is 1. The Labute approximate surface area is 128 Å². The maximum absolute atomic E-state index is 12.4. The second kappa shape index (κ2) is 7.92. The summed E-state index contributed by atoms with van der Waals surface area (Å²) in [5, 5.41) is 13.2. The van der Waals surface area contributed by atoms with Crippen LogP contribution in [0.3, 0.4) is 0 Å². The zero-order chi connectivity index (χ0) is 15.2. The molecule has 6 heteroatoms. The van der Waals surface area contributed by atoms with Gasteiger partial charge < -0.3 is 15.2 Å². The maximum Gasteiger partial charge on any atom is 0.387 e. The Hall–Kier alpha value is -0.910. The molecule has 1 saturated carbocycles. The molecule has 1 aromatic carbocycles. The van der Waals surface area contributed by atoms with E-state index in [9.17, 15) is 13.9 Å². The highest BCUT2D eigenvalue weighted by Gasteiger charge is 2.19. The minimum atomic E-state index is -2.84. The van der Waals surface area contributed by atoms with Crippen molar-refractivity contribution >= 4 is 11.6 Å². The van der Waals surface area contributed by atoms with Crippen molar-refractivity contribution in [3.63, 3.8) is 0 Å². The van der Waals surface area contributed by atoms with Crippen LogP contribution in [-0.4, -0.2) is 24.4 Å². The summed E-state index contributed by atoms with van der Waals surface area (Å²) < 4.78 is 29.2. The molecule has 1 aliphatic carbocycles. The third kappa shape index (κ3) is 5.41. The quantitative estimate of drug-likeness (QED) is 0.842. The Morgan fingerprint density at radius 3 is 2.67 bits per heavy atom. The minimum absolute atomic E-state index is 0.154. The number of hydrogen-bond acceptors (Lipinski definition) is 3. The lowest BCUT2D eigenvalue weighted by Gasteiger charge is -2.25. The number of aliphatic hydroxyl groups excluding tert-OH is 1. The summed E-state index contributed by atoms with van der Waals surface area (Å²) in [5.41, 5.74) is 0.624. The van der Waals surface area contributed by atoms with Crippen LogP contribution < -0.4 is 10.1 Å². The van der Waals surface area contributed by atoms with E-state index in [-0.39, 0.29) is 11.9 Å². The van der Waals surface area contributed by atoms with Gasteiger partial charge in [0.1, 0.15) is 5.75 Å². The first-order chi connectivity index (χ1) is 10.0. The Kier molecular flexibility index (Phi) is 6.21. The number of nitrogens with one attached hydrogen (secondary N) is 1. The van der Waals surface area contributed by atoms with Crippen molar-refractivity contribution in [2.75, 3.05) is 6.54 Å². The molecule has 1 aliphatic rings. The van der Waals surface area contributed by atoms with Crippen LogP contribution in [0.25, 0.3) is 0 Å². The van der Waals surface area contributed by atoms with Gasteiger partial charge in [0, 0.05) is 17.1 Å². The van der Waals surface area contributed by atoms with Gasteiger partial charge in [0.15, 0.2) is 0 Å². The molecule has 0 radical (unpaired) electrons. The van der Waals surface area contributed by atoms with Crippen molar-refractivity contribution in [1.29, 1.82) is 0 Å². The fourth-order valence-corrected chi connectivity index (χ4v) is 2.85. The molecule has 0 bridgehead atoms. The molecule has 0 aromatic heterocycles. The third-order valence-electron chi connectivity index (χ3n) is 3.80. The van der Waals surface area contributed by atoms with Gasteiger partial charge in [-0.05, 0) is 56.3 Å². The van der Waals surface area contributed by atoms with Gasteiger partial charge in [0.05, 0.1) is 6.10 Å². The van der Waals surface area contributed by atoms with Crippen molar-refractivity contribution in [3.8, 4) is 5.75 Å². The average molecular weight is 320 g/mol.